The predicted molar refractivity (Wildman–Crippen MR) is 0.686 cm³/mol. The number of hydrogen-bond acceptors (Lipinski definition) is 1. The molecule has 0 aromatic rings. The maximum atomic E-state index is 8.06. The van der Waals surface area contributed by atoms with Crippen molar-refractivity contribution in [2.24, 2.45) is 0 Å². The molecular weight excluding hydrogens is 195 g/mol. The topological polar surface area (TPSA) is 17.1 Å². The quantitative estimate of drug-likeness (QED) is 0.492. The smallest absolute Gasteiger partial charge is 0 e. The SMILES string of the molecule is [Co].[O]=[Mn].[Zn]. The van der Waals surface area contributed by atoms with Crippen molar-refractivity contribution < 1.29 is 56.0 Å². The van der Waals surface area contributed by atoms with Gasteiger partial charge in [0.2, 0.25) is 0 Å². The minimum atomic E-state index is 0. The molecule has 24 valence electrons. The van der Waals surface area contributed by atoms with Crippen molar-refractivity contribution in [1.29, 1.82) is 0 Å². The first-order chi connectivity index (χ1) is 1.00. The van der Waals surface area contributed by atoms with E-state index in [0.717, 1.165) is 0 Å². The molecule has 0 aliphatic carbocycles. The van der Waals surface area contributed by atoms with Crippen LogP contribution in [-0.4, -0.2) is 0 Å². The fourth-order valence-corrected chi connectivity index (χ4v) is 0. The maximum Gasteiger partial charge on any atom is 0 e. The minimum Gasteiger partial charge on any atom is 0 e. The van der Waals surface area contributed by atoms with Crippen LogP contribution in [0.5, 0.6) is 0 Å². The zero-order chi connectivity index (χ0) is 2.00. The van der Waals surface area contributed by atoms with Crippen LogP contribution in [0.2, 0.25) is 0 Å². The van der Waals surface area contributed by atoms with Crippen LogP contribution in [0.4, 0.5) is 0 Å². The van der Waals surface area contributed by atoms with E-state index >= 15 is 0 Å². The van der Waals surface area contributed by atoms with Crippen LogP contribution in [-0.2, 0) is 56.0 Å². The molecule has 1 radical (unpaired) electrons. The van der Waals surface area contributed by atoms with E-state index in [9.17, 15) is 0 Å². The molecule has 0 N–H and O–H groups in total. The molecule has 4 heteroatoms. The summed E-state index contributed by atoms with van der Waals surface area (Å²) in [6.07, 6.45) is 0. The van der Waals surface area contributed by atoms with Gasteiger partial charge in [-0.3, -0.25) is 0 Å². The zero-order valence-electron chi connectivity index (χ0n) is 1.83. The second kappa shape index (κ2) is 25.2. The zero-order valence-corrected chi connectivity index (χ0v) is 7.02. The first-order valence-electron chi connectivity index (χ1n) is 0.154. The Hall–Kier alpha value is 1.45. The van der Waals surface area contributed by atoms with Crippen LogP contribution in [0, 0.1) is 0 Å². The van der Waals surface area contributed by atoms with Crippen LogP contribution >= 0.6 is 0 Å². The standard InChI is InChI=1S/Co.Mn.O.Zn. The van der Waals surface area contributed by atoms with Crippen molar-refractivity contribution in [3.8, 4) is 0 Å². The molecule has 0 atom stereocenters. The molecule has 1 nitrogen and oxygen atoms in total. The largest absolute Gasteiger partial charge is 0 e. The van der Waals surface area contributed by atoms with Gasteiger partial charge in [-0.2, -0.15) is 0 Å². The fourth-order valence-electron chi connectivity index (χ4n) is 0. The molecule has 0 heterocycles. The van der Waals surface area contributed by atoms with Crippen LogP contribution in [0.15, 0.2) is 0 Å². The van der Waals surface area contributed by atoms with Crippen molar-refractivity contribution in [2.75, 3.05) is 0 Å². The van der Waals surface area contributed by atoms with Crippen molar-refractivity contribution in [1.82, 2.24) is 0 Å². The van der Waals surface area contributed by atoms with E-state index in [-0.39, 0.29) is 36.3 Å². The second-order valence-electron chi connectivity index (χ2n) is 0. The monoisotopic (exact) mass is 194 g/mol. The Labute approximate surface area is 55.9 Å². The summed E-state index contributed by atoms with van der Waals surface area (Å²) in [5.41, 5.74) is 0. The normalized spacial score (nSPS) is 1.00. The molecule has 0 saturated heterocycles. The maximum absolute atomic E-state index is 8.06. The van der Waals surface area contributed by atoms with Crippen LogP contribution < -0.4 is 0 Å². The molecule has 0 saturated carbocycles. The summed E-state index contributed by atoms with van der Waals surface area (Å²) in [5.74, 6) is 0. The summed E-state index contributed by atoms with van der Waals surface area (Å²) in [7, 11) is 0. The van der Waals surface area contributed by atoms with Gasteiger partial charge in [-0.1, -0.05) is 0 Å². The van der Waals surface area contributed by atoms with E-state index in [0.29, 0.717) is 0 Å². The predicted octanol–water partition coefficient (Wildman–Crippen LogP) is -0.126. The van der Waals surface area contributed by atoms with Crippen molar-refractivity contribution in [2.45, 2.75) is 0 Å². The minimum absolute atomic E-state index is 0. The van der Waals surface area contributed by atoms with E-state index in [1.165, 1.54) is 0 Å². The summed E-state index contributed by atoms with van der Waals surface area (Å²) in [4.78, 5) is 0. The van der Waals surface area contributed by atoms with Gasteiger partial charge in [-0.15, -0.1) is 0 Å². The molecule has 0 amide bonds. The molecular formula is CoMnOZn. The third-order valence-corrected chi connectivity index (χ3v) is 0. The summed E-state index contributed by atoms with van der Waals surface area (Å²) < 4.78 is 8.06. The average Bonchev–Trinajstić information content (AvgIpc) is 1.00. The molecule has 0 unspecified atom stereocenters. The van der Waals surface area contributed by atoms with Gasteiger partial charge >= 0.3 is 19.8 Å². The molecule has 0 aliphatic heterocycles. The Morgan fingerprint density at radius 2 is 1.25 bits per heavy atom. The van der Waals surface area contributed by atoms with E-state index < -0.39 is 0 Å². The number of rotatable bonds is 0. The van der Waals surface area contributed by atoms with Gasteiger partial charge in [-0.05, 0) is 0 Å². The molecule has 0 bridgehead atoms. The third-order valence-electron chi connectivity index (χ3n) is 0. The summed E-state index contributed by atoms with van der Waals surface area (Å²) >= 11 is 1.69. The molecule has 0 rings (SSSR count). The molecule has 0 aliphatic rings. The van der Waals surface area contributed by atoms with Crippen LogP contribution in [0.3, 0.4) is 0 Å². The summed E-state index contributed by atoms with van der Waals surface area (Å²) in [6.45, 7) is 0. The van der Waals surface area contributed by atoms with E-state index in [2.05, 4.69) is 0 Å². The fraction of sp³-hybridized carbons (Fsp3) is 0. The summed E-state index contributed by atoms with van der Waals surface area (Å²) in [5, 5.41) is 0. The van der Waals surface area contributed by atoms with Gasteiger partial charge in [0.15, 0.2) is 0 Å². The first-order valence-corrected chi connectivity index (χ1v) is 0.636. The molecule has 0 aromatic carbocycles. The Morgan fingerprint density at radius 3 is 1.25 bits per heavy atom. The van der Waals surface area contributed by atoms with Crippen LogP contribution in [0.25, 0.3) is 0 Å². The van der Waals surface area contributed by atoms with Gasteiger partial charge < -0.3 is 0 Å². The van der Waals surface area contributed by atoms with E-state index in [1.807, 2.05) is 0 Å². The Kier molecular flexibility index (Phi) is 113. The first kappa shape index (κ1) is 18.0. The van der Waals surface area contributed by atoms with E-state index in [4.69, 9.17) is 3.83 Å². The third kappa shape index (κ3) is 9.85. The van der Waals surface area contributed by atoms with Crippen molar-refractivity contribution >= 4 is 0 Å². The molecule has 0 aromatic heterocycles. The second-order valence-corrected chi connectivity index (χ2v) is 0. The molecule has 4 heavy (non-hydrogen) atoms. The van der Waals surface area contributed by atoms with Crippen molar-refractivity contribution in [3.05, 3.63) is 0 Å². The van der Waals surface area contributed by atoms with Gasteiger partial charge in [0.25, 0.3) is 0 Å². The average molecular weight is 195 g/mol. The Morgan fingerprint density at radius 1 is 1.25 bits per heavy atom. The molecule has 0 spiro atoms. The Balaban J connectivity index is -0.00000000500. The number of hydrogen-bond donors (Lipinski definition) is 0. The van der Waals surface area contributed by atoms with Gasteiger partial charge in [0.1, 0.15) is 0 Å². The summed E-state index contributed by atoms with van der Waals surface area (Å²) in [6, 6.07) is 0. The van der Waals surface area contributed by atoms with Gasteiger partial charge in [0.05, 0.1) is 0 Å². The van der Waals surface area contributed by atoms with E-state index in [1.54, 1.807) is 15.9 Å². The van der Waals surface area contributed by atoms with Crippen LogP contribution in [0.1, 0.15) is 0 Å². The van der Waals surface area contributed by atoms with Gasteiger partial charge in [0, 0.05) is 36.3 Å². The Bertz CT molecular complexity index is 8.00. The van der Waals surface area contributed by atoms with Crippen molar-refractivity contribution in [3.63, 3.8) is 0 Å². The van der Waals surface area contributed by atoms with Gasteiger partial charge in [-0.25, -0.2) is 0 Å². The molecule has 0 fully saturated rings.